The highest BCUT2D eigenvalue weighted by atomic mass is 32.1. The van der Waals surface area contributed by atoms with Gasteiger partial charge < -0.3 is 4.90 Å². The van der Waals surface area contributed by atoms with Crippen LogP contribution in [0.15, 0.2) is 71.7 Å². The predicted octanol–water partition coefficient (Wildman–Crippen LogP) is 3.39. The summed E-state index contributed by atoms with van der Waals surface area (Å²) in [4.78, 5) is 46.7. The van der Waals surface area contributed by atoms with E-state index >= 15 is 0 Å². The molecule has 0 radical (unpaired) electrons. The number of pyridine rings is 1. The Morgan fingerprint density at radius 1 is 1.13 bits per heavy atom. The van der Waals surface area contributed by atoms with Crippen LogP contribution in [0.4, 0.5) is 0 Å². The van der Waals surface area contributed by atoms with E-state index in [1.165, 1.54) is 4.90 Å². The molecule has 3 heterocycles. The van der Waals surface area contributed by atoms with Gasteiger partial charge in [0, 0.05) is 38.8 Å². The number of rotatable bonds is 7. The van der Waals surface area contributed by atoms with Crippen LogP contribution in [-0.4, -0.2) is 39.6 Å². The molecule has 1 unspecified atom stereocenters. The van der Waals surface area contributed by atoms with Gasteiger partial charge in [0.15, 0.2) is 0 Å². The number of hydrogen-bond acceptors (Lipinski definition) is 5. The number of thiophene rings is 1. The van der Waals surface area contributed by atoms with E-state index in [4.69, 9.17) is 0 Å². The van der Waals surface area contributed by atoms with Crippen LogP contribution < -0.4 is 0 Å². The molecule has 3 aromatic rings. The van der Waals surface area contributed by atoms with Crippen LogP contribution in [0.5, 0.6) is 0 Å². The van der Waals surface area contributed by atoms with Gasteiger partial charge in [-0.2, -0.15) is 11.3 Å². The smallest absolute Gasteiger partial charge is 0.241 e. The van der Waals surface area contributed by atoms with Crippen LogP contribution in [-0.2, 0) is 32.9 Å². The third-order valence-electron chi connectivity index (χ3n) is 5.68. The first kappa shape index (κ1) is 20.9. The lowest BCUT2D eigenvalue weighted by molar-refractivity contribution is -0.143. The Morgan fingerprint density at radius 3 is 2.61 bits per heavy atom. The Balaban J connectivity index is 1.62. The van der Waals surface area contributed by atoms with Gasteiger partial charge in [-0.05, 0) is 39.6 Å². The Hall–Kier alpha value is -3.32. The first-order valence-electron chi connectivity index (χ1n) is 10.0. The Labute approximate surface area is 185 Å². The van der Waals surface area contributed by atoms with Crippen molar-refractivity contribution in [1.82, 2.24) is 14.8 Å². The number of carbonyl (C=O) groups excluding carboxylic acids is 3. The zero-order valence-corrected chi connectivity index (χ0v) is 18.0. The van der Waals surface area contributed by atoms with Gasteiger partial charge in [-0.15, -0.1) is 0 Å². The van der Waals surface area contributed by atoms with Crippen LogP contribution >= 0.6 is 11.3 Å². The minimum Gasteiger partial charge on any atom is -0.341 e. The average molecular weight is 434 g/mol. The first-order valence-corrected chi connectivity index (χ1v) is 11.0. The molecule has 0 aliphatic carbocycles. The summed E-state index contributed by atoms with van der Waals surface area (Å²) in [5.74, 6) is -0.768. The van der Waals surface area contributed by atoms with Crippen LogP contribution in [0.3, 0.4) is 0 Å². The van der Waals surface area contributed by atoms with E-state index in [1.807, 2.05) is 53.2 Å². The van der Waals surface area contributed by atoms with Gasteiger partial charge in [0.25, 0.3) is 0 Å². The lowest BCUT2D eigenvalue weighted by atomic mass is 9.75. The molecule has 0 spiro atoms. The molecule has 7 heteroatoms. The molecule has 31 heavy (non-hydrogen) atoms. The van der Waals surface area contributed by atoms with Crippen LogP contribution in [0.1, 0.15) is 29.5 Å². The standard InChI is InChI=1S/C24H23N3O3S/c1-26(15-19-9-11-31-17-19)21(28)12-24(20-7-3-2-4-8-20)13-22(29)27(23(24)30)16-18-6-5-10-25-14-18/h2-11,14,17H,12-13,15-16H2,1H3. The average Bonchev–Trinajstić information content (AvgIpc) is 3.38. The van der Waals surface area contributed by atoms with E-state index in [0.29, 0.717) is 12.1 Å². The summed E-state index contributed by atoms with van der Waals surface area (Å²) < 4.78 is 0. The third kappa shape index (κ3) is 4.27. The molecule has 1 saturated heterocycles. The SMILES string of the molecule is CN(Cc1ccsc1)C(=O)CC1(c2ccccc2)CC(=O)N(Cc2cccnc2)C1=O. The maximum atomic E-state index is 13.6. The molecular formula is C24H23N3O3S. The van der Waals surface area contributed by atoms with E-state index in [0.717, 1.165) is 11.1 Å². The predicted molar refractivity (Wildman–Crippen MR) is 118 cm³/mol. The molecule has 0 N–H and O–H groups in total. The van der Waals surface area contributed by atoms with Gasteiger partial charge in [0.2, 0.25) is 17.7 Å². The zero-order chi connectivity index (χ0) is 21.8. The molecule has 1 aliphatic rings. The minimum atomic E-state index is -1.19. The van der Waals surface area contributed by atoms with Gasteiger partial charge in [-0.3, -0.25) is 24.3 Å². The van der Waals surface area contributed by atoms with Crippen LogP contribution in [0.25, 0.3) is 0 Å². The van der Waals surface area contributed by atoms with Crippen molar-refractivity contribution in [2.75, 3.05) is 7.05 Å². The van der Waals surface area contributed by atoms with E-state index in [9.17, 15) is 14.4 Å². The van der Waals surface area contributed by atoms with Crippen LogP contribution in [0.2, 0.25) is 0 Å². The molecule has 4 rings (SSSR count). The highest BCUT2D eigenvalue weighted by Crippen LogP contribution is 2.40. The lowest BCUT2D eigenvalue weighted by Crippen LogP contribution is -2.42. The van der Waals surface area contributed by atoms with Crippen molar-refractivity contribution >= 4 is 29.1 Å². The summed E-state index contributed by atoms with van der Waals surface area (Å²) in [6.45, 7) is 0.619. The van der Waals surface area contributed by atoms with Crippen molar-refractivity contribution in [3.63, 3.8) is 0 Å². The normalized spacial score (nSPS) is 18.4. The van der Waals surface area contributed by atoms with Crippen molar-refractivity contribution in [3.8, 4) is 0 Å². The number of carbonyl (C=O) groups is 3. The molecule has 1 aromatic carbocycles. The third-order valence-corrected chi connectivity index (χ3v) is 6.41. The van der Waals surface area contributed by atoms with E-state index in [-0.39, 0.29) is 37.1 Å². The van der Waals surface area contributed by atoms with E-state index in [2.05, 4.69) is 4.98 Å². The summed E-state index contributed by atoms with van der Waals surface area (Å²) in [5.41, 5.74) is 1.32. The maximum Gasteiger partial charge on any atom is 0.241 e. The number of hydrogen-bond donors (Lipinski definition) is 0. The Morgan fingerprint density at radius 2 is 1.94 bits per heavy atom. The Kier molecular flexibility index (Phi) is 5.95. The molecule has 1 atom stereocenters. The topological polar surface area (TPSA) is 70.6 Å². The molecule has 3 amide bonds. The quantitative estimate of drug-likeness (QED) is 0.536. The fourth-order valence-corrected chi connectivity index (χ4v) is 4.66. The van der Waals surface area contributed by atoms with Crippen molar-refractivity contribution in [1.29, 1.82) is 0 Å². The monoisotopic (exact) mass is 433 g/mol. The molecule has 1 aliphatic heterocycles. The number of amides is 3. The molecule has 158 valence electrons. The zero-order valence-electron chi connectivity index (χ0n) is 17.2. The molecule has 6 nitrogen and oxygen atoms in total. The molecular weight excluding hydrogens is 410 g/mol. The van der Waals surface area contributed by atoms with Gasteiger partial charge in [0.05, 0.1) is 12.0 Å². The van der Waals surface area contributed by atoms with Crippen molar-refractivity contribution < 1.29 is 14.4 Å². The highest BCUT2D eigenvalue weighted by molar-refractivity contribution is 7.07. The number of nitrogens with zero attached hydrogens (tertiary/aromatic N) is 3. The number of likely N-dealkylation sites (tertiary alicyclic amines) is 1. The van der Waals surface area contributed by atoms with Gasteiger partial charge >= 0.3 is 0 Å². The van der Waals surface area contributed by atoms with Crippen molar-refractivity contribution in [2.45, 2.75) is 31.3 Å². The molecule has 0 bridgehead atoms. The number of aromatic nitrogens is 1. The van der Waals surface area contributed by atoms with Crippen molar-refractivity contribution in [3.05, 3.63) is 88.4 Å². The first-order chi connectivity index (χ1) is 15.0. The lowest BCUT2D eigenvalue weighted by Gasteiger charge is -2.29. The minimum absolute atomic E-state index is 0.0197. The molecule has 2 aromatic heterocycles. The summed E-state index contributed by atoms with van der Waals surface area (Å²) in [5, 5.41) is 3.96. The molecule has 0 saturated carbocycles. The fourth-order valence-electron chi connectivity index (χ4n) is 4.00. The largest absolute Gasteiger partial charge is 0.341 e. The Bertz CT molecular complexity index is 1070. The van der Waals surface area contributed by atoms with E-state index in [1.54, 1.807) is 41.7 Å². The van der Waals surface area contributed by atoms with Gasteiger partial charge in [0.1, 0.15) is 0 Å². The fraction of sp³-hybridized carbons (Fsp3) is 0.250. The second-order valence-electron chi connectivity index (χ2n) is 7.83. The number of benzene rings is 1. The van der Waals surface area contributed by atoms with Crippen LogP contribution in [0, 0.1) is 0 Å². The van der Waals surface area contributed by atoms with E-state index < -0.39 is 5.41 Å². The second kappa shape index (κ2) is 8.81. The highest BCUT2D eigenvalue weighted by Gasteiger charge is 2.53. The molecule has 1 fully saturated rings. The number of imide groups is 1. The van der Waals surface area contributed by atoms with Gasteiger partial charge in [-0.25, -0.2) is 0 Å². The second-order valence-corrected chi connectivity index (χ2v) is 8.61. The van der Waals surface area contributed by atoms with Crippen molar-refractivity contribution in [2.24, 2.45) is 0 Å². The summed E-state index contributed by atoms with van der Waals surface area (Å²) >= 11 is 1.58. The maximum absolute atomic E-state index is 13.6. The van der Waals surface area contributed by atoms with Gasteiger partial charge in [-0.1, -0.05) is 36.4 Å². The summed E-state index contributed by atoms with van der Waals surface area (Å²) in [6.07, 6.45) is 3.22. The summed E-state index contributed by atoms with van der Waals surface area (Å²) in [7, 11) is 1.73. The summed E-state index contributed by atoms with van der Waals surface area (Å²) in [6, 6.07) is 14.7.